The van der Waals surface area contributed by atoms with E-state index in [4.69, 9.17) is 9.63 Å². The molecule has 7 nitrogen and oxygen atoms in total. The standard InChI is InChI=1S/C10H16N2O5S/c1-3-4-9(10(13)14)12-18(15,16)6-8-5-7(2)17-11-8/h5,9,12H,3-4,6H2,1-2H3,(H,13,14)/t9-/m1/s1. The van der Waals surface area contributed by atoms with Crippen LogP contribution >= 0.6 is 0 Å². The van der Waals surface area contributed by atoms with Gasteiger partial charge in [0.05, 0.1) is 0 Å². The summed E-state index contributed by atoms with van der Waals surface area (Å²) in [6.07, 6.45) is 0.814. The monoisotopic (exact) mass is 276 g/mol. The van der Waals surface area contributed by atoms with Crippen LogP contribution in [0.4, 0.5) is 0 Å². The van der Waals surface area contributed by atoms with E-state index in [0.29, 0.717) is 12.2 Å². The summed E-state index contributed by atoms with van der Waals surface area (Å²) in [6, 6.07) is 0.391. The molecule has 0 saturated carbocycles. The molecule has 8 heteroatoms. The van der Waals surface area contributed by atoms with Crippen molar-refractivity contribution in [1.82, 2.24) is 9.88 Å². The number of carbonyl (C=O) groups is 1. The highest BCUT2D eigenvalue weighted by Crippen LogP contribution is 2.07. The number of carboxylic acids is 1. The van der Waals surface area contributed by atoms with E-state index < -0.39 is 27.8 Å². The van der Waals surface area contributed by atoms with E-state index in [-0.39, 0.29) is 12.1 Å². The van der Waals surface area contributed by atoms with Crippen LogP contribution in [0.2, 0.25) is 0 Å². The third kappa shape index (κ3) is 4.46. The fraction of sp³-hybridized carbons (Fsp3) is 0.600. The second-order valence-electron chi connectivity index (χ2n) is 3.99. The second kappa shape index (κ2) is 5.96. The Morgan fingerprint density at radius 3 is 2.72 bits per heavy atom. The van der Waals surface area contributed by atoms with E-state index in [9.17, 15) is 13.2 Å². The molecule has 0 spiro atoms. The van der Waals surface area contributed by atoms with Crippen LogP contribution in [0.1, 0.15) is 31.2 Å². The van der Waals surface area contributed by atoms with Crippen LogP contribution in [0.5, 0.6) is 0 Å². The van der Waals surface area contributed by atoms with Gasteiger partial charge in [-0.2, -0.15) is 0 Å². The van der Waals surface area contributed by atoms with Crippen LogP contribution in [0.25, 0.3) is 0 Å². The van der Waals surface area contributed by atoms with Crippen molar-refractivity contribution < 1.29 is 22.8 Å². The number of sulfonamides is 1. The van der Waals surface area contributed by atoms with E-state index in [0.717, 1.165) is 0 Å². The summed E-state index contributed by atoms with van der Waals surface area (Å²) < 4.78 is 30.4. The van der Waals surface area contributed by atoms with Crippen LogP contribution in [0.3, 0.4) is 0 Å². The smallest absolute Gasteiger partial charge is 0.321 e. The van der Waals surface area contributed by atoms with Crippen LogP contribution < -0.4 is 4.72 Å². The first-order chi connectivity index (χ1) is 8.34. The number of aliphatic carboxylic acids is 1. The van der Waals surface area contributed by atoms with Gasteiger partial charge in [0.15, 0.2) is 0 Å². The number of rotatable bonds is 7. The predicted octanol–water partition coefficient (Wildman–Crippen LogP) is 0.656. The Bertz CT molecular complexity index is 508. The lowest BCUT2D eigenvalue weighted by atomic mass is 10.2. The zero-order valence-electron chi connectivity index (χ0n) is 10.2. The maximum Gasteiger partial charge on any atom is 0.321 e. The molecule has 1 aromatic rings. The first-order valence-electron chi connectivity index (χ1n) is 5.49. The third-order valence-electron chi connectivity index (χ3n) is 2.21. The molecule has 0 amide bonds. The van der Waals surface area contributed by atoms with Crippen LogP contribution in [-0.2, 0) is 20.6 Å². The molecule has 102 valence electrons. The Kier molecular flexibility index (Phi) is 4.85. The van der Waals surface area contributed by atoms with Gasteiger partial charge in [0, 0.05) is 6.07 Å². The summed E-state index contributed by atoms with van der Waals surface area (Å²) in [5, 5.41) is 12.4. The van der Waals surface area contributed by atoms with Gasteiger partial charge in [-0.15, -0.1) is 0 Å². The lowest BCUT2D eigenvalue weighted by Gasteiger charge is -2.12. The zero-order valence-corrected chi connectivity index (χ0v) is 11.0. The number of hydrogen-bond donors (Lipinski definition) is 2. The summed E-state index contributed by atoms with van der Waals surface area (Å²) in [5.41, 5.74) is 0.251. The minimum atomic E-state index is -3.74. The highest BCUT2D eigenvalue weighted by Gasteiger charge is 2.24. The number of nitrogens with zero attached hydrogens (tertiary/aromatic N) is 1. The first kappa shape index (κ1) is 14.7. The van der Waals surface area contributed by atoms with Crippen molar-refractivity contribution in [2.45, 2.75) is 38.5 Å². The van der Waals surface area contributed by atoms with Gasteiger partial charge < -0.3 is 9.63 Å². The zero-order chi connectivity index (χ0) is 13.8. The molecule has 1 heterocycles. The molecule has 1 rings (SSSR count). The van der Waals surface area contributed by atoms with Crippen molar-refractivity contribution in [2.24, 2.45) is 0 Å². The highest BCUT2D eigenvalue weighted by atomic mass is 32.2. The van der Waals surface area contributed by atoms with Crippen molar-refractivity contribution in [1.29, 1.82) is 0 Å². The van der Waals surface area contributed by atoms with Gasteiger partial charge in [-0.05, 0) is 13.3 Å². The van der Waals surface area contributed by atoms with Crippen molar-refractivity contribution in [3.05, 3.63) is 17.5 Å². The first-order valence-corrected chi connectivity index (χ1v) is 7.14. The lowest BCUT2D eigenvalue weighted by Crippen LogP contribution is -2.41. The molecule has 0 saturated heterocycles. The molecule has 0 aliphatic carbocycles. The number of nitrogens with one attached hydrogen (secondary N) is 1. The van der Waals surface area contributed by atoms with E-state index >= 15 is 0 Å². The minimum Gasteiger partial charge on any atom is -0.480 e. The lowest BCUT2D eigenvalue weighted by molar-refractivity contribution is -0.139. The van der Waals surface area contributed by atoms with E-state index in [1.807, 2.05) is 0 Å². The Balaban J connectivity index is 2.71. The maximum absolute atomic E-state index is 11.7. The maximum atomic E-state index is 11.7. The number of aryl methyl sites for hydroxylation is 1. The molecule has 0 aliphatic rings. The van der Waals surface area contributed by atoms with E-state index in [1.165, 1.54) is 6.07 Å². The molecule has 0 radical (unpaired) electrons. The number of carboxylic acid groups (broad SMARTS) is 1. The van der Waals surface area contributed by atoms with E-state index in [1.54, 1.807) is 13.8 Å². The minimum absolute atomic E-state index is 0.242. The largest absolute Gasteiger partial charge is 0.480 e. The number of hydrogen-bond acceptors (Lipinski definition) is 5. The Morgan fingerprint density at radius 2 is 2.28 bits per heavy atom. The summed E-state index contributed by atoms with van der Waals surface area (Å²) in [5.74, 6) is -1.07. The normalized spacial score (nSPS) is 13.4. The average molecular weight is 276 g/mol. The molecule has 0 aromatic carbocycles. The molecule has 1 aromatic heterocycles. The summed E-state index contributed by atoms with van der Waals surface area (Å²) in [4.78, 5) is 10.9. The van der Waals surface area contributed by atoms with Gasteiger partial charge in [-0.3, -0.25) is 4.79 Å². The van der Waals surface area contributed by atoms with Crippen LogP contribution in [0, 0.1) is 6.92 Å². The van der Waals surface area contributed by atoms with Gasteiger partial charge in [-0.25, -0.2) is 13.1 Å². The Labute approximate surface area is 105 Å². The van der Waals surface area contributed by atoms with Crippen LogP contribution in [0.15, 0.2) is 10.6 Å². The van der Waals surface area contributed by atoms with Crippen molar-refractivity contribution >= 4 is 16.0 Å². The average Bonchev–Trinajstić information content (AvgIpc) is 2.62. The molecular formula is C10H16N2O5S. The molecule has 0 fully saturated rings. The summed E-state index contributed by atoms with van der Waals surface area (Å²) in [7, 11) is -3.74. The molecule has 2 N–H and O–H groups in total. The van der Waals surface area contributed by atoms with Gasteiger partial charge in [0.25, 0.3) is 0 Å². The summed E-state index contributed by atoms with van der Waals surface area (Å²) in [6.45, 7) is 3.43. The number of aromatic nitrogens is 1. The summed E-state index contributed by atoms with van der Waals surface area (Å²) >= 11 is 0. The Hall–Kier alpha value is -1.41. The van der Waals surface area contributed by atoms with Gasteiger partial charge in [-0.1, -0.05) is 18.5 Å². The van der Waals surface area contributed by atoms with Gasteiger partial charge in [0.2, 0.25) is 10.0 Å². The SMILES string of the molecule is CCC[C@@H](NS(=O)(=O)Cc1cc(C)on1)C(=O)O. The van der Waals surface area contributed by atoms with Crippen LogP contribution in [-0.4, -0.2) is 30.7 Å². The quantitative estimate of drug-likeness (QED) is 0.757. The van der Waals surface area contributed by atoms with Gasteiger partial charge in [0.1, 0.15) is 23.2 Å². The molecule has 0 aliphatic heterocycles. The molecular weight excluding hydrogens is 260 g/mol. The molecule has 0 bridgehead atoms. The molecule has 1 atom stereocenters. The highest BCUT2D eigenvalue weighted by molar-refractivity contribution is 7.88. The fourth-order valence-corrected chi connectivity index (χ4v) is 2.72. The van der Waals surface area contributed by atoms with Crippen molar-refractivity contribution in [2.75, 3.05) is 0 Å². The molecule has 18 heavy (non-hydrogen) atoms. The van der Waals surface area contributed by atoms with E-state index in [2.05, 4.69) is 9.88 Å². The second-order valence-corrected chi connectivity index (χ2v) is 5.74. The third-order valence-corrected chi connectivity index (χ3v) is 3.53. The van der Waals surface area contributed by atoms with Gasteiger partial charge >= 0.3 is 5.97 Å². The predicted molar refractivity (Wildman–Crippen MR) is 63.3 cm³/mol. The Morgan fingerprint density at radius 1 is 1.61 bits per heavy atom. The molecule has 0 unspecified atom stereocenters. The fourth-order valence-electron chi connectivity index (χ4n) is 1.46. The topological polar surface area (TPSA) is 110 Å². The van der Waals surface area contributed by atoms with Crippen molar-refractivity contribution in [3.8, 4) is 0 Å². The van der Waals surface area contributed by atoms with Crippen molar-refractivity contribution in [3.63, 3.8) is 0 Å².